The van der Waals surface area contributed by atoms with E-state index in [-0.39, 0.29) is 0 Å². The number of carboxylic acid groups (broad SMARTS) is 1. The van der Waals surface area contributed by atoms with Crippen LogP contribution in [0, 0.1) is 6.92 Å². The van der Waals surface area contributed by atoms with E-state index in [1.165, 1.54) is 0 Å². The maximum Gasteiger partial charge on any atom is 0.323 e. The Morgan fingerprint density at radius 2 is 2.50 bits per heavy atom. The van der Waals surface area contributed by atoms with Crippen molar-refractivity contribution in [3.63, 3.8) is 0 Å². The number of hydrogen-bond acceptors (Lipinski definition) is 4. The molecule has 2 N–H and O–H groups in total. The summed E-state index contributed by atoms with van der Waals surface area (Å²) in [6.45, 7) is 4.58. The molecule has 0 radical (unpaired) electrons. The van der Waals surface area contributed by atoms with Crippen molar-refractivity contribution < 1.29 is 14.3 Å². The molecule has 1 aromatic heterocycles. The second-order valence-electron chi connectivity index (χ2n) is 4.74. The summed E-state index contributed by atoms with van der Waals surface area (Å²) in [4.78, 5) is 12.6. The first kappa shape index (κ1) is 13.5. The molecule has 1 aliphatic carbocycles. The first-order valence-corrected chi connectivity index (χ1v) is 7.14. The third-order valence-corrected chi connectivity index (χ3v) is 4.91. The third kappa shape index (κ3) is 2.57. The Balaban J connectivity index is 2.03. The number of rotatable bonds is 5. The Kier molecular flexibility index (Phi) is 4.02. The monoisotopic (exact) mass is 269 g/mol. The SMILES string of the molecule is CCNC1(C(=O)O)CCC(Sc2ccoc2C)C1. The molecule has 1 aliphatic rings. The zero-order valence-corrected chi connectivity index (χ0v) is 11.5. The summed E-state index contributed by atoms with van der Waals surface area (Å²) in [5.41, 5.74) is -0.732. The lowest BCUT2D eigenvalue weighted by Gasteiger charge is -2.25. The summed E-state index contributed by atoms with van der Waals surface area (Å²) in [6, 6.07) is 1.95. The maximum atomic E-state index is 11.4. The van der Waals surface area contributed by atoms with Gasteiger partial charge in [-0.2, -0.15) is 0 Å². The molecular formula is C13H19NO3S. The third-order valence-electron chi connectivity index (χ3n) is 3.50. The van der Waals surface area contributed by atoms with Crippen LogP contribution in [0.5, 0.6) is 0 Å². The van der Waals surface area contributed by atoms with Crippen LogP contribution in [0.3, 0.4) is 0 Å². The molecule has 1 saturated carbocycles. The highest BCUT2D eigenvalue weighted by atomic mass is 32.2. The molecule has 100 valence electrons. The van der Waals surface area contributed by atoms with Gasteiger partial charge < -0.3 is 14.8 Å². The van der Waals surface area contributed by atoms with Gasteiger partial charge in [0.1, 0.15) is 11.3 Å². The van der Waals surface area contributed by atoms with Crippen molar-refractivity contribution in [1.82, 2.24) is 5.32 Å². The number of aliphatic carboxylic acids is 1. The van der Waals surface area contributed by atoms with Crippen LogP contribution in [0.4, 0.5) is 0 Å². The molecule has 4 nitrogen and oxygen atoms in total. The van der Waals surface area contributed by atoms with Crippen molar-refractivity contribution in [2.24, 2.45) is 0 Å². The van der Waals surface area contributed by atoms with E-state index in [0.29, 0.717) is 24.6 Å². The van der Waals surface area contributed by atoms with Crippen molar-refractivity contribution in [3.8, 4) is 0 Å². The van der Waals surface area contributed by atoms with Crippen molar-refractivity contribution in [3.05, 3.63) is 18.1 Å². The second kappa shape index (κ2) is 5.36. The maximum absolute atomic E-state index is 11.4. The Morgan fingerprint density at radius 1 is 1.72 bits per heavy atom. The van der Waals surface area contributed by atoms with Gasteiger partial charge in [0, 0.05) is 10.1 Å². The quantitative estimate of drug-likeness (QED) is 0.860. The number of thioether (sulfide) groups is 1. The Morgan fingerprint density at radius 3 is 3.06 bits per heavy atom. The number of carboxylic acids is 1. The summed E-state index contributed by atoms with van der Waals surface area (Å²) in [7, 11) is 0. The summed E-state index contributed by atoms with van der Waals surface area (Å²) in [5, 5.41) is 12.9. The van der Waals surface area contributed by atoms with Crippen molar-refractivity contribution in [2.75, 3.05) is 6.54 Å². The predicted molar refractivity (Wildman–Crippen MR) is 71.0 cm³/mol. The Labute approximate surface area is 111 Å². The normalized spacial score (nSPS) is 27.6. The molecule has 0 aliphatic heterocycles. The standard InChI is InChI=1S/C13H19NO3S/c1-3-14-13(12(15)16)6-4-10(8-13)18-11-5-7-17-9(11)2/h5,7,10,14H,3-4,6,8H2,1-2H3,(H,15,16). The molecule has 2 atom stereocenters. The summed E-state index contributed by atoms with van der Waals surface area (Å²) < 4.78 is 5.27. The van der Waals surface area contributed by atoms with Crippen LogP contribution in [0.25, 0.3) is 0 Å². The largest absolute Gasteiger partial charge is 0.480 e. The van der Waals surface area contributed by atoms with E-state index in [2.05, 4.69) is 5.32 Å². The van der Waals surface area contributed by atoms with E-state index >= 15 is 0 Å². The van der Waals surface area contributed by atoms with Crippen molar-refractivity contribution in [1.29, 1.82) is 0 Å². The molecule has 5 heteroatoms. The average Bonchev–Trinajstić information content (AvgIpc) is 2.89. The first-order valence-electron chi connectivity index (χ1n) is 6.26. The molecule has 1 heterocycles. The average molecular weight is 269 g/mol. The fourth-order valence-corrected chi connectivity index (χ4v) is 3.86. The van der Waals surface area contributed by atoms with E-state index in [1.54, 1.807) is 18.0 Å². The van der Waals surface area contributed by atoms with Gasteiger partial charge in [0.05, 0.1) is 6.26 Å². The molecule has 0 bridgehead atoms. The Bertz CT molecular complexity index is 432. The minimum Gasteiger partial charge on any atom is -0.480 e. The topological polar surface area (TPSA) is 62.5 Å². The fraction of sp³-hybridized carbons (Fsp3) is 0.615. The van der Waals surface area contributed by atoms with Crippen LogP contribution < -0.4 is 5.32 Å². The lowest BCUT2D eigenvalue weighted by Crippen LogP contribution is -2.50. The second-order valence-corrected chi connectivity index (χ2v) is 6.08. The summed E-state index contributed by atoms with van der Waals surface area (Å²) in [5.74, 6) is 0.188. The first-order chi connectivity index (χ1) is 8.57. The molecule has 2 rings (SSSR count). The van der Waals surface area contributed by atoms with Gasteiger partial charge >= 0.3 is 5.97 Å². The van der Waals surface area contributed by atoms with Gasteiger partial charge in [0.2, 0.25) is 0 Å². The molecule has 0 saturated heterocycles. The number of hydrogen-bond donors (Lipinski definition) is 2. The number of aryl methyl sites for hydroxylation is 1. The predicted octanol–water partition coefficient (Wildman–Crippen LogP) is 2.67. The molecule has 0 spiro atoms. The lowest BCUT2D eigenvalue weighted by atomic mass is 9.98. The van der Waals surface area contributed by atoms with Crippen LogP contribution in [-0.2, 0) is 4.79 Å². The molecular weight excluding hydrogens is 250 g/mol. The summed E-state index contributed by atoms with van der Waals surface area (Å²) in [6.07, 6.45) is 3.98. The molecule has 1 fully saturated rings. The van der Waals surface area contributed by atoms with Crippen molar-refractivity contribution in [2.45, 2.75) is 48.8 Å². The number of carbonyl (C=O) groups is 1. The summed E-state index contributed by atoms with van der Waals surface area (Å²) >= 11 is 1.73. The molecule has 0 aromatic carbocycles. The highest BCUT2D eigenvalue weighted by Gasteiger charge is 2.45. The molecule has 0 amide bonds. The van der Waals surface area contributed by atoms with Gasteiger partial charge in [0.15, 0.2) is 0 Å². The van der Waals surface area contributed by atoms with Gasteiger partial charge in [-0.1, -0.05) is 6.92 Å². The van der Waals surface area contributed by atoms with E-state index < -0.39 is 11.5 Å². The fourth-order valence-electron chi connectivity index (χ4n) is 2.54. The van der Waals surface area contributed by atoms with Crippen molar-refractivity contribution >= 4 is 17.7 Å². The van der Waals surface area contributed by atoms with Gasteiger partial charge in [-0.25, -0.2) is 0 Å². The highest BCUT2D eigenvalue weighted by molar-refractivity contribution is 8.00. The van der Waals surface area contributed by atoms with Gasteiger partial charge in [-0.05, 0) is 38.8 Å². The molecule has 2 unspecified atom stereocenters. The van der Waals surface area contributed by atoms with E-state index in [0.717, 1.165) is 17.1 Å². The van der Waals surface area contributed by atoms with Crippen LogP contribution in [0.2, 0.25) is 0 Å². The van der Waals surface area contributed by atoms with E-state index in [4.69, 9.17) is 4.42 Å². The molecule has 18 heavy (non-hydrogen) atoms. The minimum absolute atomic E-state index is 0.344. The zero-order chi connectivity index (χ0) is 13.2. The lowest BCUT2D eigenvalue weighted by molar-refractivity contribution is -0.144. The van der Waals surface area contributed by atoms with Gasteiger partial charge in [-0.3, -0.25) is 4.79 Å². The molecule has 1 aromatic rings. The van der Waals surface area contributed by atoms with Crippen LogP contribution >= 0.6 is 11.8 Å². The number of likely N-dealkylation sites (N-methyl/N-ethyl adjacent to an activating group) is 1. The van der Waals surface area contributed by atoms with Gasteiger partial charge in [0.25, 0.3) is 0 Å². The van der Waals surface area contributed by atoms with E-state index in [1.807, 2.05) is 19.9 Å². The smallest absolute Gasteiger partial charge is 0.323 e. The number of furan rings is 1. The number of nitrogens with one attached hydrogen (secondary N) is 1. The Hall–Kier alpha value is -0.940. The van der Waals surface area contributed by atoms with Crippen LogP contribution in [0.1, 0.15) is 31.9 Å². The van der Waals surface area contributed by atoms with E-state index in [9.17, 15) is 9.90 Å². The van der Waals surface area contributed by atoms with Crippen LogP contribution in [-0.4, -0.2) is 28.4 Å². The highest BCUT2D eigenvalue weighted by Crippen LogP contribution is 2.41. The van der Waals surface area contributed by atoms with Gasteiger partial charge in [-0.15, -0.1) is 11.8 Å². The minimum atomic E-state index is -0.732. The zero-order valence-electron chi connectivity index (χ0n) is 10.7. The van der Waals surface area contributed by atoms with Crippen LogP contribution in [0.15, 0.2) is 21.6 Å².